The van der Waals surface area contributed by atoms with E-state index < -0.39 is 0 Å². The van der Waals surface area contributed by atoms with Gasteiger partial charge in [0.15, 0.2) is 0 Å². The smallest absolute Gasteiger partial charge is 0.0521 e. The van der Waals surface area contributed by atoms with Gasteiger partial charge in [0.2, 0.25) is 0 Å². The van der Waals surface area contributed by atoms with E-state index in [9.17, 15) is 0 Å². The average molecular weight is 217 g/mol. The first kappa shape index (κ1) is 8.78. The molecule has 1 rings (SSSR count). The highest BCUT2D eigenvalue weighted by molar-refractivity contribution is 9.09. The molecule has 0 aliphatic heterocycles. The lowest BCUT2D eigenvalue weighted by atomic mass is 10.2. The van der Waals surface area contributed by atoms with Gasteiger partial charge in [-0.05, 0) is 24.8 Å². The fourth-order valence-corrected chi connectivity index (χ4v) is 1.42. The van der Waals surface area contributed by atoms with Crippen molar-refractivity contribution in [3.05, 3.63) is 18.0 Å². The molecule has 0 aliphatic rings. The van der Waals surface area contributed by atoms with Gasteiger partial charge in [-0.2, -0.15) is 5.10 Å². The molecule has 1 heterocycles. The summed E-state index contributed by atoms with van der Waals surface area (Å²) < 4.78 is 1.85. The molecule has 0 bridgehead atoms. The van der Waals surface area contributed by atoms with Crippen molar-refractivity contribution in [2.24, 2.45) is 7.05 Å². The van der Waals surface area contributed by atoms with Crippen LogP contribution in [0, 0.1) is 0 Å². The Balaban J connectivity index is 2.27. The Bertz CT molecular complexity index is 208. The minimum atomic E-state index is 1.10. The van der Waals surface area contributed by atoms with Crippen LogP contribution in [-0.2, 0) is 13.5 Å². The average Bonchev–Trinajstić information content (AvgIpc) is 2.37. The normalized spacial score (nSPS) is 10.4. The highest BCUT2D eigenvalue weighted by atomic mass is 79.9. The summed E-state index contributed by atoms with van der Waals surface area (Å²) in [5.41, 5.74) is 1.34. The van der Waals surface area contributed by atoms with Crippen LogP contribution in [0.15, 0.2) is 12.4 Å². The van der Waals surface area contributed by atoms with Gasteiger partial charge in [-0.15, -0.1) is 0 Å². The van der Waals surface area contributed by atoms with Gasteiger partial charge in [0.25, 0.3) is 0 Å². The van der Waals surface area contributed by atoms with Crippen LogP contribution in [0.2, 0.25) is 0 Å². The molecular weight excluding hydrogens is 204 g/mol. The van der Waals surface area contributed by atoms with E-state index in [4.69, 9.17) is 0 Å². The summed E-state index contributed by atoms with van der Waals surface area (Å²) in [6.07, 6.45) is 7.66. The third kappa shape index (κ3) is 3.06. The van der Waals surface area contributed by atoms with Gasteiger partial charge < -0.3 is 0 Å². The Kier molecular flexibility index (Phi) is 3.63. The number of rotatable bonds is 4. The van der Waals surface area contributed by atoms with Crippen LogP contribution < -0.4 is 0 Å². The van der Waals surface area contributed by atoms with Crippen LogP contribution in [0.4, 0.5) is 0 Å². The molecular formula is C8H13BrN2. The topological polar surface area (TPSA) is 17.8 Å². The summed E-state index contributed by atoms with van der Waals surface area (Å²) in [6, 6.07) is 0. The lowest BCUT2D eigenvalue weighted by molar-refractivity contribution is 0.764. The molecule has 11 heavy (non-hydrogen) atoms. The number of aryl methyl sites for hydroxylation is 2. The van der Waals surface area contributed by atoms with Crippen molar-refractivity contribution in [2.45, 2.75) is 19.3 Å². The number of hydrogen-bond acceptors (Lipinski definition) is 1. The predicted molar refractivity (Wildman–Crippen MR) is 49.9 cm³/mol. The number of unbranched alkanes of at least 4 members (excludes halogenated alkanes) is 1. The molecule has 1 aromatic heterocycles. The van der Waals surface area contributed by atoms with Gasteiger partial charge in [0, 0.05) is 18.6 Å². The minimum absolute atomic E-state index is 1.10. The largest absolute Gasteiger partial charge is 0.276 e. The van der Waals surface area contributed by atoms with E-state index in [0.29, 0.717) is 0 Å². The lowest BCUT2D eigenvalue weighted by Gasteiger charge is -1.92. The SMILES string of the molecule is Cn1cc(CCCCBr)cn1. The molecule has 0 aliphatic carbocycles. The Labute approximate surface area is 75.7 Å². The van der Waals surface area contributed by atoms with Crippen LogP contribution in [0.3, 0.4) is 0 Å². The molecule has 0 aromatic carbocycles. The van der Waals surface area contributed by atoms with Gasteiger partial charge in [-0.25, -0.2) is 0 Å². The zero-order valence-corrected chi connectivity index (χ0v) is 8.34. The number of nitrogens with zero attached hydrogens (tertiary/aromatic N) is 2. The van der Waals surface area contributed by atoms with E-state index in [0.717, 1.165) is 11.8 Å². The van der Waals surface area contributed by atoms with E-state index in [1.165, 1.54) is 18.4 Å². The maximum absolute atomic E-state index is 4.10. The summed E-state index contributed by atoms with van der Waals surface area (Å²) in [5, 5.41) is 5.20. The monoisotopic (exact) mass is 216 g/mol. The first-order valence-electron chi connectivity index (χ1n) is 3.86. The summed E-state index contributed by atoms with van der Waals surface area (Å²) in [5.74, 6) is 0. The zero-order valence-electron chi connectivity index (χ0n) is 6.76. The van der Waals surface area contributed by atoms with Crippen LogP contribution >= 0.6 is 15.9 Å². The van der Waals surface area contributed by atoms with Gasteiger partial charge in [-0.3, -0.25) is 4.68 Å². The highest BCUT2D eigenvalue weighted by Crippen LogP contribution is 2.03. The molecule has 0 fully saturated rings. The lowest BCUT2D eigenvalue weighted by Crippen LogP contribution is -1.85. The molecule has 3 heteroatoms. The summed E-state index contributed by atoms with van der Waals surface area (Å²) in [4.78, 5) is 0. The molecule has 1 aromatic rings. The second-order valence-electron chi connectivity index (χ2n) is 2.67. The van der Waals surface area contributed by atoms with E-state index in [-0.39, 0.29) is 0 Å². The first-order valence-corrected chi connectivity index (χ1v) is 4.98. The Morgan fingerprint density at radius 1 is 1.55 bits per heavy atom. The molecule has 0 spiro atoms. The van der Waals surface area contributed by atoms with Gasteiger partial charge in [0.1, 0.15) is 0 Å². The molecule has 0 atom stereocenters. The van der Waals surface area contributed by atoms with Crippen molar-refractivity contribution in [2.75, 3.05) is 5.33 Å². The molecule has 2 nitrogen and oxygen atoms in total. The zero-order chi connectivity index (χ0) is 8.10. The molecule has 0 N–H and O–H groups in total. The third-order valence-corrected chi connectivity index (χ3v) is 2.17. The molecule has 0 radical (unpaired) electrons. The molecule has 62 valence electrons. The number of hydrogen-bond donors (Lipinski definition) is 0. The Hall–Kier alpha value is -0.310. The molecule has 0 saturated heterocycles. The maximum atomic E-state index is 4.10. The fraction of sp³-hybridized carbons (Fsp3) is 0.625. The standard InChI is InChI=1S/C8H13BrN2/c1-11-7-8(6-10-11)4-2-3-5-9/h6-7H,2-5H2,1H3. The Morgan fingerprint density at radius 2 is 2.36 bits per heavy atom. The van der Waals surface area contributed by atoms with Gasteiger partial charge >= 0.3 is 0 Å². The Morgan fingerprint density at radius 3 is 2.91 bits per heavy atom. The second kappa shape index (κ2) is 4.54. The van der Waals surface area contributed by atoms with Gasteiger partial charge in [0.05, 0.1) is 6.20 Å². The van der Waals surface area contributed by atoms with Crippen LogP contribution in [0.1, 0.15) is 18.4 Å². The highest BCUT2D eigenvalue weighted by Gasteiger charge is 1.94. The number of halogens is 1. The van der Waals surface area contributed by atoms with E-state index >= 15 is 0 Å². The summed E-state index contributed by atoms with van der Waals surface area (Å²) >= 11 is 3.41. The van der Waals surface area contributed by atoms with E-state index in [2.05, 4.69) is 27.2 Å². The third-order valence-electron chi connectivity index (χ3n) is 1.61. The van der Waals surface area contributed by atoms with Crippen molar-refractivity contribution < 1.29 is 0 Å². The quantitative estimate of drug-likeness (QED) is 0.558. The van der Waals surface area contributed by atoms with Crippen LogP contribution in [0.5, 0.6) is 0 Å². The fourth-order valence-electron chi connectivity index (χ4n) is 1.02. The van der Waals surface area contributed by atoms with Crippen molar-refractivity contribution in [1.82, 2.24) is 9.78 Å². The van der Waals surface area contributed by atoms with Crippen LogP contribution in [0.25, 0.3) is 0 Å². The van der Waals surface area contributed by atoms with Crippen molar-refractivity contribution in [1.29, 1.82) is 0 Å². The van der Waals surface area contributed by atoms with Crippen molar-refractivity contribution in [3.8, 4) is 0 Å². The number of aromatic nitrogens is 2. The van der Waals surface area contributed by atoms with Crippen LogP contribution in [-0.4, -0.2) is 15.1 Å². The minimum Gasteiger partial charge on any atom is -0.276 e. The first-order chi connectivity index (χ1) is 5.33. The maximum Gasteiger partial charge on any atom is 0.0521 e. The van der Waals surface area contributed by atoms with Gasteiger partial charge in [-0.1, -0.05) is 15.9 Å². The summed E-state index contributed by atoms with van der Waals surface area (Å²) in [7, 11) is 1.95. The van der Waals surface area contributed by atoms with Crippen molar-refractivity contribution in [3.63, 3.8) is 0 Å². The second-order valence-corrected chi connectivity index (χ2v) is 3.46. The predicted octanol–water partition coefficient (Wildman–Crippen LogP) is 2.14. The summed E-state index contributed by atoms with van der Waals surface area (Å²) in [6.45, 7) is 0. The van der Waals surface area contributed by atoms with Crippen molar-refractivity contribution >= 4 is 15.9 Å². The number of alkyl halides is 1. The van der Waals surface area contributed by atoms with E-state index in [1.54, 1.807) is 0 Å². The van der Waals surface area contributed by atoms with E-state index in [1.807, 2.05) is 17.9 Å². The molecule has 0 amide bonds. The molecule has 0 saturated carbocycles. The molecule has 0 unspecified atom stereocenters.